The lowest BCUT2D eigenvalue weighted by molar-refractivity contribution is 0.0960. The summed E-state index contributed by atoms with van der Waals surface area (Å²) in [7, 11) is 0. The average molecular weight is 389 g/mol. The van der Waals surface area contributed by atoms with Gasteiger partial charge >= 0.3 is 0 Å². The number of nitrogens with one attached hydrogen (secondary N) is 1. The van der Waals surface area contributed by atoms with Crippen molar-refractivity contribution >= 4 is 5.78 Å². The second-order valence-electron chi connectivity index (χ2n) is 8.63. The number of Topliss-reactive ketones (excluding diaryl/α,β-unsaturated/α-hetero) is 1. The fourth-order valence-corrected chi connectivity index (χ4v) is 4.10. The minimum absolute atomic E-state index is 0.247. The molecule has 0 fully saturated rings. The van der Waals surface area contributed by atoms with Crippen LogP contribution in [0.3, 0.4) is 0 Å². The molecule has 0 amide bonds. The van der Waals surface area contributed by atoms with E-state index in [1.807, 2.05) is 18.3 Å². The molecule has 1 N–H and O–H groups in total. The van der Waals surface area contributed by atoms with Crippen LogP contribution < -0.4 is 0 Å². The van der Waals surface area contributed by atoms with Crippen molar-refractivity contribution in [3.05, 3.63) is 77.4 Å². The van der Waals surface area contributed by atoms with E-state index in [0.29, 0.717) is 18.3 Å². The van der Waals surface area contributed by atoms with Gasteiger partial charge in [-0.25, -0.2) is 4.98 Å². The number of H-pyrrole nitrogens is 1. The van der Waals surface area contributed by atoms with Crippen LogP contribution in [0.5, 0.6) is 0 Å². The predicted molar refractivity (Wildman–Crippen MR) is 120 cm³/mol. The molecule has 1 atom stereocenters. The van der Waals surface area contributed by atoms with Crippen molar-refractivity contribution in [3.8, 4) is 11.1 Å². The first-order valence-corrected chi connectivity index (χ1v) is 10.6. The third-order valence-corrected chi connectivity index (χ3v) is 5.47. The fourth-order valence-electron chi connectivity index (χ4n) is 4.10. The van der Waals surface area contributed by atoms with Gasteiger partial charge in [-0.3, -0.25) is 4.79 Å². The molecule has 29 heavy (non-hydrogen) atoms. The molecule has 0 spiro atoms. The molecule has 1 aromatic heterocycles. The summed E-state index contributed by atoms with van der Waals surface area (Å²) in [6.45, 7) is 8.73. The molecule has 1 unspecified atom stereocenters. The predicted octanol–water partition coefficient (Wildman–Crippen LogP) is 6.43. The summed E-state index contributed by atoms with van der Waals surface area (Å²) in [5.41, 5.74) is 6.63. The van der Waals surface area contributed by atoms with E-state index in [2.05, 4.69) is 68.0 Å². The second-order valence-corrected chi connectivity index (χ2v) is 8.63. The Morgan fingerprint density at radius 2 is 1.83 bits per heavy atom. The van der Waals surface area contributed by atoms with E-state index in [1.165, 1.54) is 11.1 Å². The van der Waals surface area contributed by atoms with Crippen LogP contribution in [0.2, 0.25) is 0 Å². The summed E-state index contributed by atoms with van der Waals surface area (Å²) in [6.07, 6.45) is 7.09. The van der Waals surface area contributed by atoms with Gasteiger partial charge in [0.1, 0.15) is 0 Å². The first-order chi connectivity index (χ1) is 13.9. The minimum atomic E-state index is 0.247. The number of aromatic nitrogens is 2. The number of hydrogen-bond donors (Lipinski definition) is 1. The molecule has 3 heteroatoms. The molecule has 1 heterocycles. The third kappa shape index (κ3) is 5.66. The Bertz CT molecular complexity index is 941. The van der Waals surface area contributed by atoms with Gasteiger partial charge in [-0.1, -0.05) is 63.2 Å². The molecule has 0 saturated carbocycles. The van der Waals surface area contributed by atoms with Gasteiger partial charge in [0.05, 0.1) is 6.33 Å². The highest BCUT2D eigenvalue weighted by atomic mass is 16.1. The molecule has 0 bridgehead atoms. The van der Waals surface area contributed by atoms with Gasteiger partial charge in [0, 0.05) is 23.9 Å². The van der Waals surface area contributed by atoms with E-state index < -0.39 is 0 Å². The van der Waals surface area contributed by atoms with Crippen molar-refractivity contribution < 1.29 is 4.79 Å². The van der Waals surface area contributed by atoms with Crippen LogP contribution in [0.4, 0.5) is 0 Å². The summed E-state index contributed by atoms with van der Waals surface area (Å²) in [5.74, 6) is 1.25. The van der Waals surface area contributed by atoms with Crippen molar-refractivity contribution in [3.63, 3.8) is 0 Å². The van der Waals surface area contributed by atoms with Gasteiger partial charge in [-0.15, -0.1) is 0 Å². The number of benzene rings is 2. The van der Waals surface area contributed by atoms with E-state index in [4.69, 9.17) is 0 Å². The number of aromatic amines is 1. The number of carbonyl (C=O) groups is 1. The lowest BCUT2D eigenvalue weighted by atomic mass is 9.87. The van der Waals surface area contributed by atoms with Crippen LogP contribution >= 0.6 is 0 Å². The summed E-state index contributed by atoms with van der Waals surface area (Å²) in [4.78, 5) is 20.4. The lowest BCUT2D eigenvalue weighted by Gasteiger charge is -2.17. The van der Waals surface area contributed by atoms with Gasteiger partial charge in [-0.05, 0) is 60.3 Å². The number of hydrogen-bond acceptors (Lipinski definition) is 2. The molecule has 152 valence electrons. The monoisotopic (exact) mass is 388 g/mol. The van der Waals surface area contributed by atoms with Gasteiger partial charge < -0.3 is 4.98 Å². The van der Waals surface area contributed by atoms with Crippen LogP contribution in [-0.4, -0.2) is 15.8 Å². The zero-order valence-electron chi connectivity index (χ0n) is 18.0. The smallest absolute Gasteiger partial charge is 0.163 e. The minimum Gasteiger partial charge on any atom is -0.348 e. The average Bonchev–Trinajstić information content (AvgIpc) is 3.19. The molecule has 0 radical (unpaired) electrons. The summed E-state index contributed by atoms with van der Waals surface area (Å²) < 4.78 is 0. The molecule has 2 aromatic carbocycles. The number of ketones is 1. The van der Waals surface area contributed by atoms with Crippen molar-refractivity contribution in [1.29, 1.82) is 0 Å². The molecular formula is C26H32N2O. The summed E-state index contributed by atoms with van der Waals surface area (Å²) >= 11 is 0. The van der Waals surface area contributed by atoms with Crippen molar-refractivity contribution in [2.45, 2.75) is 53.4 Å². The van der Waals surface area contributed by atoms with E-state index in [-0.39, 0.29) is 5.78 Å². The number of aryl methyl sites for hydroxylation is 3. The molecule has 3 rings (SSSR count). The van der Waals surface area contributed by atoms with Crippen LogP contribution in [-0.2, 0) is 12.8 Å². The summed E-state index contributed by atoms with van der Waals surface area (Å²) in [5, 5.41) is 0. The number of nitrogens with zero attached hydrogens (tertiary/aromatic N) is 1. The Labute approximate surface area is 174 Å². The quantitative estimate of drug-likeness (QED) is 0.430. The number of rotatable bonds is 9. The fraction of sp³-hybridized carbons (Fsp3) is 0.385. The first kappa shape index (κ1) is 21.0. The molecule has 0 saturated heterocycles. The van der Waals surface area contributed by atoms with Crippen LogP contribution in [0, 0.1) is 18.8 Å². The molecule has 0 aliphatic rings. The largest absolute Gasteiger partial charge is 0.348 e. The number of carbonyl (C=O) groups excluding carboxylic acids is 1. The van der Waals surface area contributed by atoms with Crippen molar-refractivity contribution in [2.75, 3.05) is 0 Å². The standard InChI is InChI=1S/C26H32N2O/c1-18(2)13-19(3)14-26(29)24-12-10-21(9-11-22-16-27-17-28-22)15-25(24)23-8-6-5-7-20(23)4/h5-8,10,12,15-19H,9,11,13-14H2,1-4H3,(H,27,28). The zero-order valence-corrected chi connectivity index (χ0v) is 18.0. The van der Waals surface area contributed by atoms with Crippen LogP contribution in [0.15, 0.2) is 55.0 Å². The Morgan fingerprint density at radius 3 is 2.52 bits per heavy atom. The second kappa shape index (κ2) is 9.69. The third-order valence-electron chi connectivity index (χ3n) is 5.47. The number of imidazole rings is 1. The maximum atomic E-state index is 13.2. The van der Waals surface area contributed by atoms with E-state index in [0.717, 1.165) is 41.6 Å². The highest BCUT2D eigenvalue weighted by Gasteiger charge is 2.18. The SMILES string of the molecule is Cc1ccccc1-c1cc(CCc2cnc[nH]2)ccc1C(=O)CC(C)CC(C)C. The Kier molecular flexibility index (Phi) is 7.03. The highest BCUT2D eigenvalue weighted by molar-refractivity contribution is 6.02. The van der Waals surface area contributed by atoms with Gasteiger partial charge in [0.25, 0.3) is 0 Å². The molecule has 3 aromatic rings. The Morgan fingerprint density at radius 1 is 1.03 bits per heavy atom. The van der Waals surface area contributed by atoms with Crippen LogP contribution in [0.1, 0.15) is 60.8 Å². The van der Waals surface area contributed by atoms with E-state index >= 15 is 0 Å². The van der Waals surface area contributed by atoms with Gasteiger partial charge in [-0.2, -0.15) is 0 Å². The van der Waals surface area contributed by atoms with Gasteiger partial charge in [0.2, 0.25) is 0 Å². The van der Waals surface area contributed by atoms with Gasteiger partial charge in [0.15, 0.2) is 5.78 Å². The van der Waals surface area contributed by atoms with Crippen LogP contribution in [0.25, 0.3) is 11.1 Å². The van der Waals surface area contributed by atoms with Crippen molar-refractivity contribution in [1.82, 2.24) is 9.97 Å². The maximum Gasteiger partial charge on any atom is 0.163 e. The topological polar surface area (TPSA) is 45.8 Å². The van der Waals surface area contributed by atoms with E-state index in [9.17, 15) is 4.79 Å². The first-order valence-electron chi connectivity index (χ1n) is 10.6. The maximum absolute atomic E-state index is 13.2. The molecule has 0 aliphatic heterocycles. The molecule has 0 aliphatic carbocycles. The lowest BCUT2D eigenvalue weighted by Crippen LogP contribution is -2.10. The molecule has 3 nitrogen and oxygen atoms in total. The highest BCUT2D eigenvalue weighted by Crippen LogP contribution is 2.30. The van der Waals surface area contributed by atoms with E-state index in [1.54, 1.807) is 6.33 Å². The Balaban J connectivity index is 1.90. The normalized spacial score (nSPS) is 12.3. The zero-order chi connectivity index (χ0) is 20.8. The Hall–Kier alpha value is -2.68. The summed E-state index contributed by atoms with van der Waals surface area (Å²) in [6, 6.07) is 14.7. The van der Waals surface area contributed by atoms with Crippen molar-refractivity contribution in [2.24, 2.45) is 11.8 Å². The molecular weight excluding hydrogens is 356 g/mol.